The summed E-state index contributed by atoms with van der Waals surface area (Å²) in [4.78, 5) is 13.9. The van der Waals surface area contributed by atoms with Crippen molar-refractivity contribution < 1.29 is 9.53 Å². The SMILES string of the molecule is CCC(C(=O)Nc1ccc(OC)cc1)n1nnc(-c2ccc(Cl)cc2)n1. The number of carbonyl (C=O) groups excluding carboxylic acids is 1. The number of methoxy groups -OCH3 is 1. The van der Waals surface area contributed by atoms with E-state index in [0.29, 0.717) is 23.0 Å². The van der Waals surface area contributed by atoms with Gasteiger partial charge in [-0.15, -0.1) is 10.2 Å². The Labute approximate surface area is 155 Å². The summed E-state index contributed by atoms with van der Waals surface area (Å²) in [6, 6.07) is 13.7. The van der Waals surface area contributed by atoms with Crippen LogP contribution in [0.1, 0.15) is 19.4 Å². The largest absolute Gasteiger partial charge is 0.497 e. The molecule has 1 unspecified atom stereocenters. The van der Waals surface area contributed by atoms with Crippen molar-refractivity contribution in [1.29, 1.82) is 0 Å². The van der Waals surface area contributed by atoms with Gasteiger partial charge in [0.2, 0.25) is 5.82 Å². The second kappa shape index (κ2) is 7.97. The molecule has 3 rings (SSSR count). The Bertz CT molecular complexity index is 877. The van der Waals surface area contributed by atoms with Crippen LogP contribution in [0.4, 0.5) is 5.69 Å². The van der Waals surface area contributed by atoms with E-state index in [0.717, 1.165) is 11.3 Å². The van der Waals surface area contributed by atoms with Crippen LogP contribution in [-0.2, 0) is 4.79 Å². The third-order valence-electron chi connectivity index (χ3n) is 3.86. The zero-order valence-corrected chi connectivity index (χ0v) is 15.1. The van der Waals surface area contributed by atoms with Gasteiger partial charge in [-0.25, -0.2) is 0 Å². The lowest BCUT2D eigenvalue weighted by molar-refractivity contribution is -0.119. The van der Waals surface area contributed by atoms with Gasteiger partial charge in [0.15, 0.2) is 6.04 Å². The third-order valence-corrected chi connectivity index (χ3v) is 4.11. The van der Waals surface area contributed by atoms with Gasteiger partial charge >= 0.3 is 0 Å². The summed E-state index contributed by atoms with van der Waals surface area (Å²) in [5.41, 5.74) is 1.46. The van der Waals surface area contributed by atoms with Crippen molar-refractivity contribution in [3.63, 3.8) is 0 Å². The van der Waals surface area contributed by atoms with E-state index in [2.05, 4.69) is 20.7 Å². The van der Waals surface area contributed by atoms with Gasteiger partial charge in [0.1, 0.15) is 5.75 Å². The summed E-state index contributed by atoms with van der Waals surface area (Å²) >= 11 is 5.89. The van der Waals surface area contributed by atoms with E-state index in [9.17, 15) is 4.79 Å². The number of hydrogen-bond acceptors (Lipinski definition) is 5. The van der Waals surface area contributed by atoms with E-state index < -0.39 is 6.04 Å². The summed E-state index contributed by atoms with van der Waals surface area (Å²) in [6.07, 6.45) is 0.526. The van der Waals surface area contributed by atoms with Gasteiger partial charge in [-0.05, 0) is 60.2 Å². The van der Waals surface area contributed by atoms with Crippen LogP contribution in [-0.4, -0.2) is 33.2 Å². The van der Waals surface area contributed by atoms with E-state index in [4.69, 9.17) is 16.3 Å². The lowest BCUT2D eigenvalue weighted by Gasteiger charge is -2.13. The summed E-state index contributed by atoms with van der Waals surface area (Å²) in [5.74, 6) is 0.954. The number of benzene rings is 2. The Balaban J connectivity index is 1.75. The molecule has 0 spiro atoms. The van der Waals surface area contributed by atoms with Crippen molar-refractivity contribution in [1.82, 2.24) is 20.2 Å². The minimum atomic E-state index is -0.564. The fourth-order valence-electron chi connectivity index (χ4n) is 2.43. The Kier molecular flexibility index (Phi) is 5.48. The monoisotopic (exact) mass is 371 g/mol. The number of aromatic nitrogens is 4. The van der Waals surface area contributed by atoms with Crippen LogP contribution in [0.25, 0.3) is 11.4 Å². The molecule has 0 bridgehead atoms. The van der Waals surface area contributed by atoms with Crippen LogP contribution < -0.4 is 10.1 Å². The first-order valence-corrected chi connectivity index (χ1v) is 8.49. The summed E-state index contributed by atoms with van der Waals surface area (Å²) < 4.78 is 5.11. The van der Waals surface area contributed by atoms with Crippen LogP contribution in [0, 0.1) is 0 Å². The Morgan fingerprint density at radius 2 is 1.88 bits per heavy atom. The van der Waals surface area contributed by atoms with Gasteiger partial charge < -0.3 is 10.1 Å². The molecule has 7 nitrogen and oxygen atoms in total. The molecule has 1 heterocycles. The molecule has 1 atom stereocenters. The van der Waals surface area contributed by atoms with Crippen LogP contribution in [0.3, 0.4) is 0 Å². The lowest BCUT2D eigenvalue weighted by atomic mass is 10.2. The molecule has 26 heavy (non-hydrogen) atoms. The van der Waals surface area contributed by atoms with Crippen molar-refractivity contribution in [3.05, 3.63) is 53.6 Å². The van der Waals surface area contributed by atoms with Crippen molar-refractivity contribution >= 4 is 23.2 Å². The van der Waals surface area contributed by atoms with Gasteiger partial charge in [-0.2, -0.15) is 4.80 Å². The van der Waals surface area contributed by atoms with Crippen molar-refractivity contribution in [2.24, 2.45) is 0 Å². The zero-order valence-electron chi connectivity index (χ0n) is 14.4. The number of halogens is 1. The molecule has 0 aliphatic carbocycles. The molecule has 3 aromatic rings. The van der Waals surface area contributed by atoms with E-state index in [1.165, 1.54) is 4.80 Å². The number of ether oxygens (including phenoxy) is 1. The topological polar surface area (TPSA) is 81.9 Å². The number of tetrazole rings is 1. The number of hydrogen-bond donors (Lipinski definition) is 1. The maximum absolute atomic E-state index is 12.6. The fraction of sp³-hybridized carbons (Fsp3) is 0.222. The second-order valence-electron chi connectivity index (χ2n) is 5.58. The average Bonchev–Trinajstić information content (AvgIpc) is 3.13. The van der Waals surface area contributed by atoms with Crippen molar-refractivity contribution in [3.8, 4) is 17.1 Å². The minimum Gasteiger partial charge on any atom is -0.497 e. The summed E-state index contributed by atoms with van der Waals surface area (Å²) in [5, 5.41) is 15.9. The molecule has 0 radical (unpaired) electrons. The minimum absolute atomic E-state index is 0.210. The van der Waals surface area contributed by atoms with E-state index >= 15 is 0 Å². The first-order chi connectivity index (χ1) is 12.6. The molecule has 0 aliphatic rings. The first kappa shape index (κ1) is 17.9. The summed E-state index contributed by atoms with van der Waals surface area (Å²) in [7, 11) is 1.59. The number of amides is 1. The van der Waals surface area contributed by atoms with Gasteiger partial charge in [0.05, 0.1) is 7.11 Å². The van der Waals surface area contributed by atoms with E-state index in [1.807, 2.05) is 19.1 Å². The standard InChI is InChI=1S/C18H18ClN5O2/c1-3-16(18(25)20-14-8-10-15(26-2)11-9-14)24-22-17(21-23-24)12-4-6-13(19)7-5-12/h4-11,16H,3H2,1-2H3,(H,20,25). The van der Waals surface area contributed by atoms with Gasteiger partial charge in [0.25, 0.3) is 5.91 Å². The molecular formula is C18H18ClN5O2. The molecule has 0 saturated carbocycles. The molecule has 0 aliphatic heterocycles. The lowest BCUT2D eigenvalue weighted by Crippen LogP contribution is -2.27. The molecule has 2 aromatic carbocycles. The molecule has 134 valence electrons. The highest BCUT2D eigenvalue weighted by atomic mass is 35.5. The van der Waals surface area contributed by atoms with Crippen molar-refractivity contribution in [2.75, 3.05) is 12.4 Å². The molecule has 0 saturated heterocycles. The van der Waals surface area contributed by atoms with Crippen molar-refractivity contribution in [2.45, 2.75) is 19.4 Å². The second-order valence-corrected chi connectivity index (χ2v) is 6.02. The smallest absolute Gasteiger partial charge is 0.251 e. The highest BCUT2D eigenvalue weighted by Crippen LogP contribution is 2.20. The maximum atomic E-state index is 12.6. The van der Waals surface area contributed by atoms with Crippen LogP contribution in [0.2, 0.25) is 5.02 Å². The van der Waals surface area contributed by atoms with Crippen LogP contribution >= 0.6 is 11.6 Å². The molecule has 1 aromatic heterocycles. The number of nitrogens with one attached hydrogen (secondary N) is 1. The Hall–Kier alpha value is -2.93. The molecule has 1 N–H and O–H groups in total. The van der Waals surface area contributed by atoms with Crippen LogP contribution in [0.15, 0.2) is 48.5 Å². The number of rotatable bonds is 6. The number of anilines is 1. The quantitative estimate of drug-likeness (QED) is 0.716. The molecule has 1 amide bonds. The van der Waals surface area contributed by atoms with Crippen LogP contribution in [0.5, 0.6) is 5.75 Å². The molecule has 0 fully saturated rings. The predicted molar refractivity (Wildman–Crippen MR) is 99.2 cm³/mol. The van der Waals surface area contributed by atoms with Gasteiger partial charge in [0, 0.05) is 16.3 Å². The Morgan fingerprint density at radius 3 is 2.50 bits per heavy atom. The molecule has 8 heteroatoms. The first-order valence-electron chi connectivity index (χ1n) is 8.11. The molecular weight excluding hydrogens is 354 g/mol. The fourth-order valence-corrected chi connectivity index (χ4v) is 2.55. The summed E-state index contributed by atoms with van der Waals surface area (Å²) in [6.45, 7) is 1.89. The number of carbonyl (C=O) groups is 1. The highest BCUT2D eigenvalue weighted by Gasteiger charge is 2.22. The Morgan fingerprint density at radius 1 is 1.19 bits per heavy atom. The maximum Gasteiger partial charge on any atom is 0.251 e. The third kappa shape index (κ3) is 4.00. The van der Waals surface area contributed by atoms with E-state index in [-0.39, 0.29) is 5.91 Å². The van der Waals surface area contributed by atoms with Gasteiger partial charge in [-0.1, -0.05) is 18.5 Å². The zero-order chi connectivity index (χ0) is 18.5. The number of nitrogens with zero attached hydrogens (tertiary/aromatic N) is 4. The van der Waals surface area contributed by atoms with Gasteiger partial charge in [-0.3, -0.25) is 4.79 Å². The van der Waals surface area contributed by atoms with E-state index in [1.54, 1.807) is 43.5 Å². The highest BCUT2D eigenvalue weighted by molar-refractivity contribution is 6.30. The predicted octanol–water partition coefficient (Wildman–Crippen LogP) is 3.59. The normalized spacial score (nSPS) is 11.8. The average molecular weight is 372 g/mol.